The van der Waals surface area contributed by atoms with Crippen LogP contribution in [0, 0.1) is 23.7 Å². The smallest absolute Gasteiger partial charge is 0.252 e. The summed E-state index contributed by atoms with van der Waals surface area (Å²) in [7, 11) is 0. The molecular weight excluding hydrogens is 282 g/mol. The van der Waals surface area contributed by atoms with Crippen molar-refractivity contribution in [2.75, 3.05) is 13.2 Å². The van der Waals surface area contributed by atoms with Gasteiger partial charge in [-0.2, -0.15) is 0 Å². The lowest BCUT2D eigenvalue weighted by atomic mass is 9.81. The fourth-order valence-electron chi connectivity index (χ4n) is 2.83. The van der Waals surface area contributed by atoms with Crippen molar-refractivity contribution in [2.45, 2.75) is 39.0 Å². The standard InChI is InChI=1S/C17H23NO2S/c1-2-13-5-7-14(8-6-13)11-18-17(20)15-10-16(21-12-15)4-3-9-19/h10,12-14,19H,2,5-9,11H2,1H3,(H,18,20). The average Bonchev–Trinajstić information content (AvgIpc) is 3.00. The van der Waals surface area contributed by atoms with Crippen LogP contribution in [0.25, 0.3) is 0 Å². The zero-order valence-corrected chi connectivity index (χ0v) is 13.3. The summed E-state index contributed by atoms with van der Waals surface area (Å²) in [4.78, 5) is 12.9. The third-order valence-corrected chi connectivity index (χ3v) is 5.09. The number of nitrogens with one attached hydrogen (secondary N) is 1. The number of aliphatic hydroxyl groups excluding tert-OH is 1. The maximum absolute atomic E-state index is 12.1. The van der Waals surface area contributed by atoms with Gasteiger partial charge >= 0.3 is 0 Å². The molecule has 21 heavy (non-hydrogen) atoms. The molecule has 3 nitrogen and oxygen atoms in total. The van der Waals surface area contributed by atoms with Crippen LogP contribution in [0.15, 0.2) is 11.4 Å². The van der Waals surface area contributed by atoms with Crippen molar-refractivity contribution in [3.63, 3.8) is 0 Å². The molecule has 0 unspecified atom stereocenters. The SMILES string of the molecule is CCC1CCC(CNC(=O)c2csc(C#CCO)c2)CC1. The minimum Gasteiger partial charge on any atom is -0.384 e. The lowest BCUT2D eigenvalue weighted by molar-refractivity contribution is 0.0941. The van der Waals surface area contributed by atoms with Gasteiger partial charge in [0.05, 0.1) is 10.4 Å². The molecule has 1 aromatic rings. The van der Waals surface area contributed by atoms with E-state index in [1.165, 1.54) is 43.4 Å². The predicted molar refractivity (Wildman–Crippen MR) is 86.4 cm³/mol. The maximum atomic E-state index is 12.1. The third kappa shape index (κ3) is 4.87. The Morgan fingerprint density at radius 1 is 1.38 bits per heavy atom. The van der Waals surface area contributed by atoms with E-state index in [0.29, 0.717) is 11.5 Å². The van der Waals surface area contributed by atoms with E-state index in [4.69, 9.17) is 5.11 Å². The van der Waals surface area contributed by atoms with E-state index in [2.05, 4.69) is 24.1 Å². The first-order chi connectivity index (χ1) is 10.2. The van der Waals surface area contributed by atoms with Crippen molar-refractivity contribution >= 4 is 17.2 Å². The van der Waals surface area contributed by atoms with E-state index < -0.39 is 0 Å². The number of carbonyl (C=O) groups excluding carboxylic acids is 1. The van der Waals surface area contributed by atoms with Crippen LogP contribution in [0.5, 0.6) is 0 Å². The lowest BCUT2D eigenvalue weighted by Gasteiger charge is -2.27. The van der Waals surface area contributed by atoms with Gasteiger partial charge in [-0.25, -0.2) is 0 Å². The molecule has 0 spiro atoms. The van der Waals surface area contributed by atoms with Crippen molar-refractivity contribution in [1.82, 2.24) is 5.32 Å². The van der Waals surface area contributed by atoms with Crippen molar-refractivity contribution in [3.05, 3.63) is 21.9 Å². The Bertz CT molecular complexity index is 518. The van der Waals surface area contributed by atoms with E-state index >= 15 is 0 Å². The highest BCUT2D eigenvalue weighted by Gasteiger charge is 2.20. The highest BCUT2D eigenvalue weighted by atomic mass is 32.1. The van der Waals surface area contributed by atoms with Gasteiger partial charge in [-0.15, -0.1) is 11.3 Å². The number of amides is 1. The maximum Gasteiger partial charge on any atom is 0.252 e. The summed E-state index contributed by atoms with van der Waals surface area (Å²) in [6.45, 7) is 2.89. The molecule has 1 amide bonds. The Kier molecular flexibility index (Phi) is 6.28. The zero-order chi connectivity index (χ0) is 15.1. The number of carbonyl (C=O) groups is 1. The molecule has 2 N–H and O–H groups in total. The monoisotopic (exact) mass is 305 g/mol. The predicted octanol–water partition coefficient (Wildman–Crippen LogP) is 3.04. The minimum atomic E-state index is -0.153. The Labute approximate surface area is 130 Å². The highest BCUT2D eigenvalue weighted by molar-refractivity contribution is 7.10. The summed E-state index contributed by atoms with van der Waals surface area (Å²) < 4.78 is 0. The second-order valence-electron chi connectivity index (χ2n) is 5.66. The van der Waals surface area contributed by atoms with Gasteiger partial charge in [0, 0.05) is 11.9 Å². The zero-order valence-electron chi connectivity index (χ0n) is 12.5. The Morgan fingerprint density at radius 2 is 2.10 bits per heavy atom. The average molecular weight is 305 g/mol. The summed E-state index contributed by atoms with van der Waals surface area (Å²) in [5, 5.41) is 13.5. The Balaban J connectivity index is 1.78. The largest absolute Gasteiger partial charge is 0.384 e. The van der Waals surface area contributed by atoms with Crippen LogP contribution >= 0.6 is 11.3 Å². The molecule has 0 aromatic carbocycles. The van der Waals surface area contributed by atoms with Gasteiger partial charge in [-0.05, 0) is 30.7 Å². The fourth-order valence-corrected chi connectivity index (χ4v) is 3.59. The fraction of sp³-hybridized carbons (Fsp3) is 0.588. The molecule has 1 aromatic heterocycles. The van der Waals surface area contributed by atoms with Gasteiger partial charge in [0.1, 0.15) is 6.61 Å². The van der Waals surface area contributed by atoms with Gasteiger partial charge in [-0.1, -0.05) is 38.0 Å². The molecule has 1 aliphatic carbocycles. The first kappa shape index (κ1) is 16.1. The van der Waals surface area contributed by atoms with Gasteiger partial charge in [-0.3, -0.25) is 4.79 Å². The molecule has 0 aliphatic heterocycles. The van der Waals surface area contributed by atoms with Gasteiger partial charge in [0.15, 0.2) is 0 Å². The van der Waals surface area contributed by atoms with Crippen molar-refractivity contribution < 1.29 is 9.90 Å². The third-order valence-electron chi connectivity index (χ3n) is 4.25. The molecule has 1 saturated carbocycles. The summed E-state index contributed by atoms with van der Waals surface area (Å²) in [6.07, 6.45) is 6.35. The molecule has 1 aliphatic rings. The molecule has 0 saturated heterocycles. The van der Waals surface area contributed by atoms with E-state index in [0.717, 1.165) is 17.3 Å². The van der Waals surface area contributed by atoms with E-state index in [1.807, 2.05) is 5.38 Å². The molecule has 114 valence electrons. The van der Waals surface area contributed by atoms with Crippen LogP contribution in [0.1, 0.15) is 54.3 Å². The molecule has 1 fully saturated rings. The molecule has 4 heteroatoms. The lowest BCUT2D eigenvalue weighted by Crippen LogP contribution is -2.31. The molecular formula is C17H23NO2S. The topological polar surface area (TPSA) is 49.3 Å². The van der Waals surface area contributed by atoms with E-state index in [-0.39, 0.29) is 12.5 Å². The molecule has 2 rings (SSSR count). The summed E-state index contributed by atoms with van der Waals surface area (Å²) in [5.41, 5.74) is 0.671. The highest BCUT2D eigenvalue weighted by Crippen LogP contribution is 2.30. The normalized spacial score (nSPS) is 21.4. The van der Waals surface area contributed by atoms with Crippen molar-refractivity contribution in [2.24, 2.45) is 11.8 Å². The number of thiophene rings is 1. The molecule has 1 heterocycles. The Hall–Kier alpha value is -1.31. The second-order valence-corrected chi connectivity index (χ2v) is 6.58. The van der Waals surface area contributed by atoms with Crippen LogP contribution in [0.4, 0.5) is 0 Å². The van der Waals surface area contributed by atoms with Crippen LogP contribution in [-0.2, 0) is 0 Å². The van der Waals surface area contributed by atoms with Crippen LogP contribution in [0.3, 0.4) is 0 Å². The van der Waals surface area contributed by atoms with E-state index in [1.54, 1.807) is 6.07 Å². The first-order valence-corrected chi connectivity index (χ1v) is 8.57. The molecule has 0 atom stereocenters. The van der Waals surface area contributed by atoms with Gasteiger partial charge < -0.3 is 10.4 Å². The first-order valence-electron chi connectivity index (χ1n) is 7.69. The molecule has 0 bridgehead atoms. The number of hydrogen-bond donors (Lipinski definition) is 2. The minimum absolute atomic E-state index is 0.0130. The van der Waals surface area contributed by atoms with Crippen LogP contribution < -0.4 is 5.32 Å². The summed E-state index contributed by atoms with van der Waals surface area (Å²) in [6, 6.07) is 1.79. The van der Waals surface area contributed by atoms with Crippen LogP contribution in [0.2, 0.25) is 0 Å². The number of aliphatic hydroxyl groups is 1. The summed E-state index contributed by atoms with van der Waals surface area (Å²) >= 11 is 1.44. The van der Waals surface area contributed by atoms with Crippen molar-refractivity contribution in [1.29, 1.82) is 0 Å². The van der Waals surface area contributed by atoms with Gasteiger partial charge in [0.25, 0.3) is 5.91 Å². The van der Waals surface area contributed by atoms with E-state index in [9.17, 15) is 4.79 Å². The number of rotatable bonds is 4. The Morgan fingerprint density at radius 3 is 2.76 bits per heavy atom. The molecule has 0 radical (unpaired) electrons. The van der Waals surface area contributed by atoms with Gasteiger partial charge in [0.2, 0.25) is 0 Å². The summed E-state index contributed by atoms with van der Waals surface area (Å²) in [5.74, 6) is 6.93. The van der Waals surface area contributed by atoms with Crippen molar-refractivity contribution in [3.8, 4) is 11.8 Å². The quantitative estimate of drug-likeness (QED) is 0.840. The number of hydrogen-bond acceptors (Lipinski definition) is 3. The second kappa shape index (κ2) is 8.21. The van der Waals surface area contributed by atoms with Crippen LogP contribution in [-0.4, -0.2) is 24.2 Å².